The molecule has 0 aromatic heterocycles. The standard InChI is InChI=1S/C18H20Cl2N2O3S2/c1-4-17(18(23)21-12-6-5-7-14(10-12)26-2)22(27(3,24)25)13-8-9-15(19)16(20)11-13/h5-11,17H,4H2,1-3H3,(H,21,23)/t17-/m0/s1. The van der Waals surface area contributed by atoms with Crippen LogP contribution in [-0.4, -0.2) is 32.9 Å². The lowest BCUT2D eigenvalue weighted by Gasteiger charge is -2.30. The highest BCUT2D eigenvalue weighted by molar-refractivity contribution is 7.98. The summed E-state index contributed by atoms with van der Waals surface area (Å²) in [7, 11) is -3.74. The maximum Gasteiger partial charge on any atom is 0.248 e. The average molecular weight is 447 g/mol. The van der Waals surface area contributed by atoms with Gasteiger partial charge in [-0.25, -0.2) is 8.42 Å². The first kappa shape index (κ1) is 21.9. The Kier molecular flexibility index (Phi) is 7.45. The van der Waals surface area contributed by atoms with Gasteiger partial charge < -0.3 is 5.32 Å². The molecule has 27 heavy (non-hydrogen) atoms. The normalized spacial score (nSPS) is 12.5. The van der Waals surface area contributed by atoms with E-state index in [2.05, 4.69) is 5.32 Å². The molecule has 0 unspecified atom stereocenters. The van der Waals surface area contributed by atoms with Crippen molar-refractivity contribution in [1.82, 2.24) is 0 Å². The Balaban J connectivity index is 2.39. The molecule has 0 bridgehead atoms. The second-order valence-electron chi connectivity index (χ2n) is 5.80. The molecule has 2 aromatic rings. The largest absolute Gasteiger partial charge is 0.324 e. The number of rotatable bonds is 7. The minimum absolute atomic E-state index is 0.214. The first-order valence-corrected chi connectivity index (χ1v) is 11.9. The van der Waals surface area contributed by atoms with Crippen molar-refractivity contribution < 1.29 is 13.2 Å². The summed E-state index contributed by atoms with van der Waals surface area (Å²) in [6.07, 6.45) is 3.27. The fourth-order valence-corrected chi connectivity index (χ4v) is 4.56. The molecule has 1 N–H and O–H groups in total. The Labute approximate surface area is 174 Å². The zero-order chi connectivity index (χ0) is 20.2. The number of carbonyl (C=O) groups is 1. The summed E-state index contributed by atoms with van der Waals surface area (Å²) in [5.74, 6) is -0.424. The van der Waals surface area contributed by atoms with Crippen LogP contribution in [0.3, 0.4) is 0 Å². The zero-order valence-electron chi connectivity index (χ0n) is 15.1. The Hall–Kier alpha value is -1.41. The summed E-state index contributed by atoms with van der Waals surface area (Å²) >= 11 is 13.5. The topological polar surface area (TPSA) is 66.5 Å². The van der Waals surface area contributed by atoms with Crippen LogP contribution >= 0.6 is 35.0 Å². The van der Waals surface area contributed by atoms with Crippen LogP contribution in [0.15, 0.2) is 47.4 Å². The molecule has 0 saturated heterocycles. The molecular formula is C18H20Cl2N2O3S2. The van der Waals surface area contributed by atoms with Gasteiger partial charge in [0.05, 0.1) is 22.0 Å². The highest BCUT2D eigenvalue weighted by atomic mass is 35.5. The molecule has 0 radical (unpaired) electrons. The lowest BCUT2D eigenvalue weighted by atomic mass is 10.2. The zero-order valence-corrected chi connectivity index (χ0v) is 18.2. The number of hydrogen-bond donors (Lipinski definition) is 1. The van der Waals surface area contributed by atoms with Crippen molar-refractivity contribution >= 4 is 62.3 Å². The second kappa shape index (κ2) is 9.19. The van der Waals surface area contributed by atoms with Crippen LogP contribution in [0.4, 0.5) is 11.4 Å². The number of amides is 1. The maximum atomic E-state index is 12.9. The van der Waals surface area contributed by atoms with Gasteiger partial charge in [0, 0.05) is 10.6 Å². The Morgan fingerprint density at radius 2 is 1.89 bits per heavy atom. The van der Waals surface area contributed by atoms with E-state index in [-0.39, 0.29) is 17.1 Å². The molecule has 0 spiro atoms. The monoisotopic (exact) mass is 446 g/mol. The van der Waals surface area contributed by atoms with E-state index in [0.29, 0.717) is 10.7 Å². The summed E-state index contributed by atoms with van der Waals surface area (Å²) in [6, 6.07) is 10.9. The van der Waals surface area contributed by atoms with Crippen molar-refractivity contribution in [2.24, 2.45) is 0 Å². The van der Waals surface area contributed by atoms with E-state index in [1.807, 2.05) is 24.5 Å². The summed E-state index contributed by atoms with van der Waals surface area (Å²) in [6.45, 7) is 1.75. The van der Waals surface area contributed by atoms with Gasteiger partial charge in [-0.3, -0.25) is 9.10 Å². The Morgan fingerprint density at radius 3 is 2.44 bits per heavy atom. The Morgan fingerprint density at radius 1 is 1.19 bits per heavy atom. The fourth-order valence-electron chi connectivity index (χ4n) is 2.61. The van der Waals surface area contributed by atoms with Crippen molar-refractivity contribution in [1.29, 1.82) is 0 Å². The molecule has 5 nitrogen and oxygen atoms in total. The third-order valence-corrected chi connectivity index (χ3v) is 6.47. The molecule has 1 atom stereocenters. The van der Waals surface area contributed by atoms with Crippen molar-refractivity contribution in [3.8, 4) is 0 Å². The van der Waals surface area contributed by atoms with E-state index in [9.17, 15) is 13.2 Å². The van der Waals surface area contributed by atoms with Crippen molar-refractivity contribution in [2.75, 3.05) is 22.1 Å². The third-order valence-electron chi connectivity index (χ3n) is 3.82. The minimum atomic E-state index is -3.74. The molecule has 9 heteroatoms. The van der Waals surface area contributed by atoms with Crippen LogP contribution in [0.2, 0.25) is 10.0 Å². The molecule has 0 heterocycles. The van der Waals surface area contributed by atoms with Crippen molar-refractivity contribution in [3.05, 3.63) is 52.5 Å². The van der Waals surface area contributed by atoms with Crippen molar-refractivity contribution in [3.63, 3.8) is 0 Å². The summed E-state index contributed by atoms with van der Waals surface area (Å²) in [5, 5.41) is 3.32. The number of anilines is 2. The van der Waals surface area contributed by atoms with Crippen molar-refractivity contribution in [2.45, 2.75) is 24.3 Å². The van der Waals surface area contributed by atoms with Crippen LogP contribution in [0.5, 0.6) is 0 Å². The van der Waals surface area contributed by atoms with E-state index in [0.717, 1.165) is 15.5 Å². The average Bonchev–Trinajstić information content (AvgIpc) is 2.61. The minimum Gasteiger partial charge on any atom is -0.324 e. The predicted molar refractivity (Wildman–Crippen MR) is 115 cm³/mol. The number of sulfonamides is 1. The van der Waals surface area contributed by atoms with Gasteiger partial charge in [-0.05, 0) is 49.1 Å². The van der Waals surface area contributed by atoms with Crippen LogP contribution in [-0.2, 0) is 14.8 Å². The lowest BCUT2D eigenvalue weighted by molar-refractivity contribution is -0.117. The highest BCUT2D eigenvalue weighted by Gasteiger charge is 2.31. The fraction of sp³-hybridized carbons (Fsp3) is 0.278. The molecule has 0 fully saturated rings. The summed E-state index contributed by atoms with van der Waals surface area (Å²) in [4.78, 5) is 13.9. The quantitative estimate of drug-likeness (QED) is 0.614. The summed E-state index contributed by atoms with van der Waals surface area (Å²) in [5.41, 5.74) is 0.889. The van der Waals surface area contributed by atoms with E-state index in [4.69, 9.17) is 23.2 Å². The van der Waals surface area contributed by atoms with Crippen LogP contribution in [0.1, 0.15) is 13.3 Å². The van der Waals surface area contributed by atoms with Gasteiger partial charge in [0.2, 0.25) is 15.9 Å². The predicted octanol–water partition coefficient (Wildman–Crippen LogP) is 4.90. The number of carbonyl (C=O) groups excluding carboxylic acids is 1. The molecule has 2 aromatic carbocycles. The van der Waals surface area contributed by atoms with E-state index in [1.165, 1.54) is 18.2 Å². The van der Waals surface area contributed by atoms with Gasteiger partial charge in [0.1, 0.15) is 6.04 Å². The first-order chi connectivity index (χ1) is 12.7. The van der Waals surface area contributed by atoms with Gasteiger partial charge in [-0.1, -0.05) is 36.2 Å². The smallest absolute Gasteiger partial charge is 0.248 e. The molecule has 0 aliphatic rings. The SMILES string of the molecule is CC[C@@H](C(=O)Nc1cccc(SC)c1)N(c1ccc(Cl)c(Cl)c1)S(C)(=O)=O. The lowest BCUT2D eigenvalue weighted by Crippen LogP contribution is -2.47. The van der Waals surface area contributed by atoms with Crippen LogP contribution < -0.4 is 9.62 Å². The molecule has 0 aliphatic carbocycles. The van der Waals surface area contributed by atoms with E-state index >= 15 is 0 Å². The summed E-state index contributed by atoms with van der Waals surface area (Å²) < 4.78 is 26.0. The van der Waals surface area contributed by atoms with E-state index < -0.39 is 22.0 Å². The number of nitrogens with zero attached hydrogens (tertiary/aromatic N) is 1. The highest BCUT2D eigenvalue weighted by Crippen LogP contribution is 2.30. The number of hydrogen-bond acceptors (Lipinski definition) is 4. The Bertz CT molecular complexity index is 936. The molecule has 0 saturated carbocycles. The van der Waals surface area contributed by atoms with Crippen LogP contribution in [0.25, 0.3) is 0 Å². The number of halogens is 2. The molecule has 0 aliphatic heterocycles. The van der Waals surface area contributed by atoms with E-state index in [1.54, 1.807) is 24.8 Å². The van der Waals surface area contributed by atoms with Gasteiger partial charge in [-0.15, -0.1) is 11.8 Å². The number of benzene rings is 2. The number of nitrogens with one attached hydrogen (secondary N) is 1. The first-order valence-electron chi connectivity index (χ1n) is 8.06. The molecule has 146 valence electrons. The van der Waals surface area contributed by atoms with Gasteiger partial charge in [-0.2, -0.15) is 0 Å². The van der Waals surface area contributed by atoms with Crippen LogP contribution in [0, 0.1) is 0 Å². The third kappa shape index (κ3) is 5.54. The maximum absolute atomic E-state index is 12.9. The molecular weight excluding hydrogens is 427 g/mol. The van der Waals surface area contributed by atoms with Gasteiger partial charge >= 0.3 is 0 Å². The van der Waals surface area contributed by atoms with Gasteiger partial charge in [0.25, 0.3) is 0 Å². The molecule has 2 rings (SSSR count). The van der Waals surface area contributed by atoms with Gasteiger partial charge in [0.15, 0.2) is 0 Å². The number of thioether (sulfide) groups is 1. The second-order valence-corrected chi connectivity index (χ2v) is 9.36. The molecule has 1 amide bonds.